The fourth-order valence-electron chi connectivity index (χ4n) is 0.527. The minimum atomic E-state index is -0.891. The number of carboxylic acid groups (broad SMARTS) is 1. The van der Waals surface area contributed by atoms with Crippen LogP contribution in [0.25, 0.3) is 0 Å². The number of benzene rings is 1. The van der Waals surface area contributed by atoms with Crippen molar-refractivity contribution in [3.63, 3.8) is 0 Å². The average molecular weight is 291 g/mol. The molecule has 1 rings (SSSR count). The largest absolute Gasteiger partial charge is 0.478 e. The van der Waals surface area contributed by atoms with E-state index in [1.54, 1.807) is 6.92 Å². The smallest absolute Gasteiger partial charge is 0.327 e. The summed E-state index contributed by atoms with van der Waals surface area (Å²) in [4.78, 5) is 17.8. The number of aliphatic carboxylic acids is 1. The van der Waals surface area contributed by atoms with Gasteiger partial charge in [-0.1, -0.05) is 42.5 Å². The fraction of sp³-hybridized carbons (Fsp3) is 0.167. The number of carboxylic acids is 1. The second-order valence-corrected chi connectivity index (χ2v) is 2.43. The van der Waals surface area contributed by atoms with Gasteiger partial charge in [-0.2, -0.15) is 0 Å². The molecule has 0 saturated carbocycles. The van der Waals surface area contributed by atoms with E-state index in [0.29, 0.717) is 0 Å². The van der Waals surface area contributed by atoms with E-state index < -0.39 is 10.9 Å². The van der Waals surface area contributed by atoms with Crippen LogP contribution >= 0.6 is 0 Å². The first-order valence-electron chi connectivity index (χ1n) is 4.44. The van der Waals surface area contributed by atoms with Crippen molar-refractivity contribution in [2.45, 2.75) is 6.92 Å². The Morgan fingerprint density at radius 1 is 1.17 bits per heavy atom. The zero-order chi connectivity index (χ0) is 12.8. The molecule has 0 bridgehead atoms. The summed E-state index contributed by atoms with van der Waals surface area (Å²) >= 11 is 0. The summed E-state index contributed by atoms with van der Waals surface area (Å²) in [7, 11) is 0.889. The van der Waals surface area contributed by atoms with Crippen molar-refractivity contribution in [3.8, 4) is 0 Å². The van der Waals surface area contributed by atoms with E-state index >= 15 is 0 Å². The van der Waals surface area contributed by atoms with Gasteiger partial charge in [0.15, 0.2) is 7.05 Å². The quantitative estimate of drug-likeness (QED) is 0.373. The van der Waals surface area contributed by atoms with Crippen LogP contribution in [-0.2, 0) is 23.4 Å². The molecule has 18 heavy (non-hydrogen) atoms. The van der Waals surface area contributed by atoms with Gasteiger partial charge < -0.3 is 12.5 Å². The topological polar surface area (TPSA) is 80.4 Å². The SMILES string of the molecule is CC=CC(=O)O.C[N+](=O)[O-].[CH3-].[V].c1ccccc1. The molecule has 0 aliphatic rings. The molecule has 6 heteroatoms. The number of rotatable bonds is 1. The van der Waals surface area contributed by atoms with Gasteiger partial charge in [0.2, 0.25) is 0 Å². The summed E-state index contributed by atoms with van der Waals surface area (Å²) in [6.07, 6.45) is 2.56. The maximum Gasteiger partial charge on any atom is 0.327 e. The first-order chi connectivity index (χ1) is 7.50. The Morgan fingerprint density at radius 3 is 1.44 bits per heavy atom. The predicted molar refractivity (Wildman–Crippen MR) is 68.2 cm³/mol. The third-order valence-corrected chi connectivity index (χ3v) is 0.976. The van der Waals surface area contributed by atoms with Gasteiger partial charge in [-0.05, 0) is 6.92 Å². The number of hydrogen-bond donors (Lipinski definition) is 1. The van der Waals surface area contributed by atoms with Crippen molar-refractivity contribution in [1.82, 2.24) is 0 Å². The maximum atomic E-state index is 9.51. The summed E-state index contributed by atoms with van der Waals surface area (Å²) < 4.78 is 0. The number of nitro groups is 1. The Hall–Kier alpha value is -1.59. The van der Waals surface area contributed by atoms with Crippen molar-refractivity contribution in [2.24, 2.45) is 0 Å². The van der Waals surface area contributed by atoms with E-state index in [4.69, 9.17) is 15.2 Å². The molecule has 0 aliphatic heterocycles. The standard InChI is InChI=1S/C6H6.C4H6O2.CH3NO2.CH3.V/c1-2-4-6-5-3-1;1-2-3-4(5)6;1-2(3)4;;/h1-6H;2-3H,1H3,(H,5,6);1H3;1H3;/q;;;-1;. The van der Waals surface area contributed by atoms with Crippen molar-refractivity contribution in [1.29, 1.82) is 0 Å². The van der Waals surface area contributed by atoms with Crippen LogP contribution < -0.4 is 0 Å². The molecule has 1 aromatic rings. The number of nitrogens with zero attached hydrogens (tertiary/aromatic N) is 1. The molecule has 0 aromatic heterocycles. The zero-order valence-electron chi connectivity index (χ0n) is 10.7. The van der Waals surface area contributed by atoms with Gasteiger partial charge in [-0.15, -0.1) is 0 Å². The van der Waals surface area contributed by atoms with Gasteiger partial charge in [-0.3, -0.25) is 10.1 Å². The zero-order valence-corrected chi connectivity index (χ0v) is 12.1. The molecule has 0 heterocycles. The van der Waals surface area contributed by atoms with Crippen LogP contribution in [-0.4, -0.2) is 23.0 Å². The summed E-state index contributed by atoms with van der Waals surface area (Å²) in [6, 6.07) is 12.0. The Labute approximate surface area is 120 Å². The van der Waals surface area contributed by atoms with E-state index in [1.807, 2.05) is 36.4 Å². The molecule has 0 unspecified atom stereocenters. The van der Waals surface area contributed by atoms with E-state index in [9.17, 15) is 4.79 Å². The molecule has 0 aliphatic carbocycles. The summed E-state index contributed by atoms with van der Waals surface area (Å²) in [5.74, 6) is -0.891. The molecule has 1 radical (unpaired) electrons. The van der Waals surface area contributed by atoms with Crippen LogP contribution in [0.4, 0.5) is 0 Å². The normalized spacial score (nSPS) is 7.22. The van der Waals surface area contributed by atoms with Gasteiger partial charge in [0.25, 0.3) is 0 Å². The molecular formula is C12H18NO4V-. The van der Waals surface area contributed by atoms with Crippen LogP contribution in [0.2, 0.25) is 0 Å². The second-order valence-electron chi connectivity index (χ2n) is 2.43. The van der Waals surface area contributed by atoms with Crippen LogP contribution in [0, 0.1) is 17.5 Å². The first-order valence-corrected chi connectivity index (χ1v) is 4.44. The van der Waals surface area contributed by atoms with E-state index in [-0.39, 0.29) is 26.0 Å². The van der Waals surface area contributed by atoms with E-state index in [0.717, 1.165) is 13.1 Å². The number of hydrogen-bond acceptors (Lipinski definition) is 3. The number of allylic oxidation sites excluding steroid dienone is 1. The molecular weight excluding hydrogens is 273 g/mol. The predicted octanol–water partition coefficient (Wildman–Crippen LogP) is 2.67. The molecule has 101 valence electrons. The second kappa shape index (κ2) is 20.8. The molecule has 1 aromatic carbocycles. The van der Waals surface area contributed by atoms with Crippen molar-refractivity contribution < 1.29 is 33.4 Å². The van der Waals surface area contributed by atoms with Crippen LogP contribution in [0.1, 0.15) is 6.92 Å². The molecule has 0 saturated heterocycles. The third kappa shape index (κ3) is 47.2. The van der Waals surface area contributed by atoms with Crippen LogP contribution in [0.15, 0.2) is 48.6 Å². The Morgan fingerprint density at radius 2 is 1.39 bits per heavy atom. The van der Waals surface area contributed by atoms with Gasteiger partial charge in [0.1, 0.15) is 0 Å². The van der Waals surface area contributed by atoms with E-state index in [1.165, 1.54) is 6.08 Å². The van der Waals surface area contributed by atoms with E-state index in [2.05, 4.69) is 0 Å². The molecule has 0 atom stereocenters. The Kier molecular flexibility index (Phi) is 29.2. The minimum Gasteiger partial charge on any atom is -0.478 e. The Balaban J connectivity index is -0.0000000792. The van der Waals surface area contributed by atoms with Crippen molar-refractivity contribution in [3.05, 3.63) is 66.1 Å². The van der Waals surface area contributed by atoms with Crippen LogP contribution in [0.5, 0.6) is 0 Å². The molecule has 5 nitrogen and oxygen atoms in total. The van der Waals surface area contributed by atoms with Crippen molar-refractivity contribution in [2.75, 3.05) is 7.05 Å². The molecule has 1 N–H and O–H groups in total. The summed E-state index contributed by atoms with van der Waals surface area (Å²) in [5.41, 5.74) is 0. The number of carbonyl (C=O) groups is 1. The molecule has 0 spiro atoms. The third-order valence-electron chi connectivity index (χ3n) is 0.976. The monoisotopic (exact) mass is 291 g/mol. The molecule has 0 amide bonds. The van der Waals surface area contributed by atoms with Crippen molar-refractivity contribution >= 4 is 5.97 Å². The van der Waals surface area contributed by atoms with Crippen LogP contribution in [0.3, 0.4) is 0 Å². The summed E-state index contributed by atoms with van der Waals surface area (Å²) in [6.45, 7) is 1.66. The summed E-state index contributed by atoms with van der Waals surface area (Å²) in [5, 5.41) is 16.6. The van der Waals surface area contributed by atoms with Gasteiger partial charge >= 0.3 is 5.97 Å². The minimum absolute atomic E-state index is 0. The van der Waals surface area contributed by atoms with Gasteiger partial charge in [0.05, 0.1) is 0 Å². The van der Waals surface area contributed by atoms with Gasteiger partial charge in [0, 0.05) is 29.6 Å². The van der Waals surface area contributed by atoms with Gasteiger partial charge in [-0.25, -0.2) is 4.79 Å². The average Bonchev–Trinajstić information content (AvgIpc) is 2.20. The maximum absolute atomic E-state index is 9.51. The Bertz CT molecular complexity index is 284. The first kappa shape index (κ1) is 25.3. The molecule has 0 fully saturated rings. The fourth-order valence-corrected chi connectivity index (χ4v) is 0.527.